The number of morpholine rings is 1. The molecule has 184 valence electrons. The first-order valence-corrected chi connectivity index (χ1v) is 12.4. The van der Waals surface area contributed by atoms with Crippen molar-refractivity contribution in [1.82, 2.24) is 19.4 Å². The lowest BCUT2D eigenvalue weighted by Crippen LogP contribution is -2.41. The number of sulfonamides is 1. The van der Waals surface area contributed by atoms with E-state index in [0.29, 0.717) is 32.0 Å². The predicted octanol–water partition coefficient (Wildman–Crippen LogP) is 3.14. The van der Waals surface area contributed by atoms with Crippen molar-refractivity contribution in [3.63, 3.8) is 0 Å². The van der Waals surface area contributed by atoms with E-state index in [1.54, 1.807) is 4.90 Å². The summed E-state index contributed by atoms with van der Waals surface area (Å²) in [4.78, 5) is 27.0. The highest BCUT2D eigenvalue weighted by atomic mass is 32.2. The molecule has 1 aliphatic rings. The number of para-hydroxylation sites is 1. The van der Waals surface area contributed by atoms with Crippen molar-refractivity contribution in [2.45, 2.75) is 44.6 Å². The van der Waals surface area contributed by atoms with Crippen LogP contribution in [-0.2, 0) is 21.8 Å². The molecule has 2 aromatic rings. The number of urea groups is 1. The molecule has 33 heavy (non-hydrogen) atoms. The van der Waals surface area contributed by atoms with Crippen LogP contribution in [0.2, 0.25) is 0 Å². The van der Waals surface area contributed by atoms with Crippen molar-refractivity contribution in [2.75, 3.05) is 31.6 Å². The van der Waals surface area contributed by atoms with Crippen molar-refractivity contribution < 1.29 is 25.6 Å². The molecule has 3 amide bonds. The lowest BCUT2D eigenvalue weighted by atomic mass is 9.93. The van der Waals surface area contributed by atoms with E-state index in [9.17, 15) is 18.0 Å². The number of carbonyl (C=O) groups is 2. The summed E-state index contributed by atoms with van der Waals surface area (Å²) in [6.07, 6.45) is 0. The summed E-state index contributed by atoms with van der Waals surface area (Å²) in [5.41, 5.74) is 2.53. The average Bonchev–Trinajstić information content (AvgIpc) is 3.15. The molecule has 1 saturated heterocycles. The number of aromatic nitrogens is 2. The molecule has 0 unspecified atom stereocenters. The molecule has 1 aliphatic heterocycles. The first kappa shape index (κ1) is 24.7. The van der Waals surface area contributed by atoms with Crippen molar-refractivity contribution >= 4 is 27.6 Å². The van der Waals surface area contributed by atoms with Crippen LogP contribution >= 0.6 is 0 Å². The van der Waals surface area contributed by atoms with Crippen LogP contribution in [-0.4, -0.2) is 61.3 Å². The number of nitrogens with one attached hydrogen (secondary N) is 2. The van der Waals surface area contributed by atoms with E-state index in [0.717, 1.165) is 11.1 Å². The van der Waals surface area contributed by atoms with Gasteiger partial charge in [-0.25, -0.2) is 9.52 Å². The van der Waals surface area contributed by atoms with Crippen LogP contribution in [0.3, 0.4) is 0 Å². The Morgan fingerprint density at radius 2 is 1.67 bits per heavy atom. The fourth-order valence-corrected chi connectivity index (χ4v) is 4.61. The zero-order chi connectivity index (χ0) is 24.3. The second-order valence-electron chi connectivity index (χ2n) is 8.58. The summed E-state index contributed by atoms with van der Waals surface area (Å²) in [5, 5.41) is 6.26. The number of anilines is 1. The van der Waals surface area contributed by atoms with Crippen molar-refractivity contribution in [3.8, 4) is 0 Å². The third-order valence-electron chi connectivity index (χ3n) is 5.49. The molecule has 11 heteroatoms. The zero-order valence-corrected chi connectivity index (χ0v) is 20.4. The highest BCUT2D eigenvalue weighted by Crippen LogP contribution is 2.32. The Labute approximate surface area is 197 Å². The molecule has 1 fully saturated rings. The standard InChI is InChI=1S/C22H31N5O5S.2H2/c1-14(2)16-7-6-8-17(15(3)4)20(16)23-22(29)25-33(30,31)19-13-18(26(5)24-19)21(28)27-9-11-32-12-10-27;;/h6-8,13-15H,9-12H2,1-5H3,(H2,23,25,29);2*1H. The van der Waals surface area contributed by atoms with Gasteiger partial charge >= 0.3 is 6.03 Å². The van der Waals surface area contributed by atoms with Gasteiger partial charge in [0.05, 0.1) is 13.2 Å². The fraction of sp³-hybridized carbons (Fsp3) is 0.500. The third kappa shape index (κ3) is 5.53. The molecule has 0 aliphatic carbocycles. The van der Waals surface area contributed by atoms with Crippen LogP contribution < -0.4 is 10.0 Å². The molecule has 2 N–H and O–H groups in total. The maximum atomic E-state index is 12.8. The maximum Gasteiger partial charge on any atom is 0.333 e. The minimum Gasteiger partial charge on any atom is -0.378 e. The normalized spacial score (nSPS) is 14.6. The van der Waals surface area contributed by atoms with Crippen molar-refractivity contribution in [1.29, 1.82) is 0 Å². The summed E-state index contributed by atoms with van der Waals surface area (Å²) >= 11 is 0. The molecule has 2 heterocycles. The maximum absolute atomic E-state index is 12.8. The van der Waals surface area contributed by atoms with Crippen molar-refractivity contribution in [3.05, 3.63) is 41.1 Å². The minimum absolute atomic E-state index is 0. The largest absolute Gasteiger partial charge is 0.378 e. The van der Waals surface area contributed by atoms with Crippen molar-refractivity contribution in [2.24, 2.45) is 7.05 Å². The number of amides is 3. The lowest BCUT2D eigenvalue weighted by Gasteiger charge is -2.26. The highest BCUT2D eigenvalue weighted by Gasteiger charge is 2.28. The molecule has 0 spiro atoms. The number of benzene rings is 1. The second kappa shape index (κ2) is 9.92. The molecule has 1 aromatic heterocycles. The van der Waals surface area contributed by atoms with Gasteiger partial charge in [0.2, 0.25) is 0 Å². The number of ether oxygens (including phenoxy) is 1. The summed E-state index contributed by atoms with van der Waals surface area (Å²) < 4.78 is 34.1. The van der Waals surface area contributed by atoms with Crippen LogP contribution in [0, 0.1) is 0 Å². The van der Waals surface area contributed by atoms with E-state index in [2.05, 4.69) is 10.4 Å². The van der Waals surface area contributed by atoms with Gasteiger partial charge in [-0.15, -0.1) is 0 Å². The molecular formula is C22H35N5O5S. The van der Waals surface area contributed by atoms with E-state index in [1.165, 1.54) is 17.8 Å². The Morgan fingerprint density at radius 3 is 2.21 bits per heavy atom. The highest BCUT2D eigenvalue weighted by molar-refractivity contribution is 7.90. The van der Waals surface area contributed by atoms with E-state index >= 15 is 0 Å². The van der Waals surface area contributed by atoms with E-state index < -0.39 is 21.1 Å². The summed E-state index contributed by atoms with van der Waals surface area (Å²) in [7, 11) is -2.81. The van der Waals surface area contributed by atoms with Gasteiger partial charge in [-0.1, -0.05) is 45.9 Å². The van der Waals surface area contributed by atoms with Crippen LogP contribution in [0.25, 0.3) is 0 Å². The molecule has 0 atom stereocenters. The van der Waals surface area contributed by atoms with Crippen LogP contribution in [0.1, 0.15) is 64.0 Å². The molecule has 1 aromatic carbocycles. The Balaban J connectivity index is 0.00000306. The quantitative estimate of drug-likeness (QED) is 0.653. The predicted molar refractivity (Wildman–Crippen MR) is 128 cm³/mol. The minimum atomic E-state index is -4.30. The topological polar surface area (TPSA) is 123 Å². The zero-order valence-electron chi connectivity index (χ0n) is 19.6. The van der Waals surface area contributed by atoms with Gasteiger partial charge in [0.15, 0.2) is 5.03 Å². The van der Waals surface area contributed by atoms with Gasteiger partial charge < -0.3 is 15.0 Å². The fourth-order valence-electron chi connectivity index (χ4n) is 3.71. The van der Waals surface area contributed by atoms with Gasteiger partial charge in [-0.2, -0.15) is 13.5 Å². The van der Waals surface area contributed by atoms with Crippen LogP contribution in [0.15, 0.2) is 29.3 Å². The number of aryl methyl sites for hydroxylation is 1. The lowest BCUT2D eigenvalue weighted by molar-refractivity contribution is 0.0295. The molecule has 10 nitrogen and oxygen atoms in total. The van der Waals surface area contributed by atoms with Crippen LogP contribution in [0.4, 0.5) is 10.5 Å². The van der Waals surface area contributed by atoms with Gasteiger partial charge in [-0.3, -0.25) is 9.48 Å². The Hall–Kier alpha value is -2.92. The van der Waals surface area contributed by atoms with Gasteiger partial charge in [0, 0.05) is 34.7 Å². The Bertz CT molecular complexity index is 1120. The number of nitrogens with zero attached hydrogens (tertiary/aromatic N) is 3. The monoisotopic (exact) mass is 481 g/mol. The number of hydrogen-bond donors (Lipinski definition) is 2. The number of carbonyl (C=O) groups excluding carboxylic acids is 2. The SMILES string of the molecule is CC(C)c1cccc(C(C)C)c1NC(=O)NS(=O)(=O)c1cc(C(=O)N2CCOCC2)n(C)n1.[HH].[HH]. The second-order valence-corrected chi connectivity index (χ2v) is 10.2. The summed E-state index contributed by atoms with van der Waals surface area (Å²) in [6, 6.07) is 6.02. The first-order valence-electron chi connectivity index (χ1n) is 10.9. The smallest absolute Gasteiger partial charge is 0.333 e. The Kier molecular flexibility index (Phi) is 7.43. The van der Waals surface area contributed by atoms with Gasteiger partial charge in [0.1, 0.15) is 5.69 Å². The van der Waals surface area contributed by atoms with Gasteiger partial charge in [0.25, 0.3) is 15.9 Å². The third-order valence-corrected chi connectivity index (χ3v) is 6.69. The molecule has 0 radical (unpaired) electrons. The Morgan fingerprint density at radius 1 is 1.09 bits per heavy atom. The first-order chi connectivity index (χ1) is 15.5. The van der Waals surface area contributed by atoms with Gasteiger partial charge in [-0.05, 0) is 23.0 Å². The molecule has 0 bridgehead atoms. The van der Waals surface area contributed by atoms with E-state index in [1.807, 2.05) is 50.6 Å². The summed E-state index contributed by atoms with van der Waals surface area (Å²) in [6.45, 7) is 9.68. The molecule has 0 saturated carbocycles. The van der Waals surface area contributed by atoms with E-state index in [4.69, 9.17) is 4.74 Å². The molecule has 3 rings (SSSR count). The van der Waals surface area contributed by atoms with Crippen LogP contribution in [0.5, 0.6) is 0 Å². The number of rotatable bonds is 6. The van der Waals surface area contributed by atoms with E-state index in [-0.39, 0.29) is 26.3 Å². The molecular weight excluding hydrogens is 446 g/mol. The average molecular weight is 482 g/mol. The summed E-state index contributed by atoms with van der Waals surface area (Å²) in [5.74, 6) is -0.0908. The number of hydrogen-bond acceptors (Lipinski definition) is 6.